The molecule has 0 amide bonds. The maximum Gasteiger partial charge on any atom is 0 e. The molecule has 1 N–H and O–H groups in total. The number of aromatic nitrogens is 1. The minimum atomic E-state index is -0.337. The molecule has 0 atom stereocenters. The maximum atomic E-state index is 12.2. The molecular weight excluding hydrogens is 858 g/mol. The van der Waals surface area contributed by atoms with Crippen LogP contribution in [-0.2, 0) is 36.7 Å². The van der Waals surface area contributed by atoms with E-state index in [1.165, 1.54) is 52.8 Å². The second-order valence-electron chi connectivity index (χ2n) is 15.8. The number of carbonyl (C=O) groups excluding carboxylic acids is 1. The van der Waals surface area contributed by atoms with Gasteiger partial charge in [0.15, 0.2) is 5.78 Å². The molecule has 3 nitrogen and oxygen atoms in total. The van der Waals surface area contributed by atoms with Gasteiger partial charge in [0.25, 0.3) is 0 Å². The molecule has 0 bridgehead atoms. The van der Waals surface area contributed by atoms with Crippen LogP contribution < -0.4 is 0 Å². The van der Waals surface area contributed by atoms with Gasteiger partial charge in [-0.3, -0.25) is 4.79 Å². The Labute approximate surface area is 321 Å². The number of rotatable bonds is 10. The minimum absolute atomic E-state index is 0. The fourth-order valence-corrected chi connectivity index (χ4v) is 9.23. The van der Waals surface area contributed by atoms with Crippen LogP contribution in [0.15, 0.2) is 66.6 Å². The summed E-state index contributed by atoms with van der Waals surface area (Å²) in [5.74, 6) is 0.956. The fraction of sp³-hybridized carbons (Fsp3) is 0.467. The summed E-state index contributed by atoms with van der Waals surface area (Å²) in [5.41, 5.74) is 6.03. The first-order chi connectivity index (χ1) is 23.0. The van der Waals surface area contributed by atoms with Gasteiger partial charge < -0.3 is 5.11 Å². The molecule has 2 aromatic heterocycles. The molecule has 0 saturated heterocycles. The molecule has 50 heavy (non-hydrogen) atoms. The van der Waals surface area contributed by atoms with Crippen molar-refractivity contribution in [3.05, 3.63) is 89.3 Å². The Morgan fingerprint density at radius 3 is 2.04 bits per heavy atom. The third kappa shape index (κ3) is 8.72. The predicted octanol–water partition coefficient (Wildman–Crippen LogP) is 12.5. The van der Waals surface area contributed by atoms with Crippen molar-refractivity contribution in [2.45, 2.75) is 121 Å². The number of aliphatic hydroxyl groups excluding tert-OH is 1. The molecule has 1 radical (unpaired) electrons. The van der Waals surface area contributed by atoms with Crippen LogP contribution in [0.3, 0.4) is 0 Å². The SMILES string of the molecule is CCC(C)(CC)C(=O)/C=C(\O)C(C)(CC)CC.Cc1c(CC(C)C)ccc2c1[se]c1c(-c3[c-]c4ccccc4c(C(C)(C)C)c3)nccc12.[Ir]. The molecule has 2 heterocycles. The van der Waals surface area contributed by atoms with Crippen molar-refractivity contribution in [1.29, 1.82) is 0 Å². The third-order valence-electron chi connectivity index (χ3n) is 11.0. The summed E-state index contributed by atoms with van der Waals surface area (Å²) in [6.07, 6.45) is 7.88. The Morgan fingerprint density at radius 2 is 1.46 bits per heavy atom. The first-order valence-corrected chi connectivity index (χ1v) is 20.0. The normalized spacial score (nSPS) is 12.7. The largest absolute Gasteiger partial charge is 0 e. The van der Waals surface area contributed by atoms with E-state index in [2.05, 4.69) is 96.1 Å². The van der Waals surface area contributed by atoms with E-state index in [1.54, 1.807) is 0 Å². The average Bonchev–Trinajstić information content (AvgIpc) is 3.47. The van der Waals surface area contributed by atoms with E-state index in [0.29, 0.717) is 5.92 Å². The smallest absolute Gasteiger partial charge is 0 e. The van der Waals surface area contributed by atoms with Gasteiger partial charge in [0.05, 0.1) is 0 Å². The number of hydrogen-bond donors (Lipinski definition) is 1. The summed E-state index contributed by atoms with van der Waals surface area (Å²) in [6, 6.07) is 21.6. The second kappa shape index (κ2) is 16.9. The summed E-state index contributed by atoms with van der Waals surface area (Å²) in [7, 11) is 0. The summed E-state index contributed by atoms with van der Waals surface area (Å²) in [6.45, 7) is 25.9. The Morgan fingerprint density at radius 1 is 0.860 bits per heavy atom. The van der Waals surface area contributed by atoms with Crippen molar-refractivity contribution in [3.8, 4) is 11.3 Å². The number of aryl methyl sites for hydroxylation is 1. The van der Waals surface area contributed by atoms with Crippen molar-refractivity contribution < 1.29 is 30.0 Å². The van der Waals surface area contributed by atoms with Crippen LogP contribution in [0.4, 0.5) is 0 Å². The number of aliphatic hydroxyl groups is 1. The monoisotopic (exact) mass is 917 g/mol. The number of ketones is 1. The number of carbonyl (C=O) groups is 1. The van der Waals surface area contributed by atoms with E-state index in [4.69, 9.17) is 4.98 Å². The minimum Gasteiger partial charge on any atom is 0 e. The number of pyridine rings is 1. The van der Waals surface area contributed by atoms with Crippen LogP contribution in [0, 0.1) is 29.7 Å². The molecule has 5 rings (SSSR count). The predicted molar refractivity (Wildman–Crippen MR) is 213 cm³/mol. The fourth-order valence-electron chi connectivity index (χ4n) is 6.46. The topological polar surface area (TPSA) is 50.2 Å². The second-order valence-corrected chi connectivity index (χ2v) is 17.9. The van der Waals surface area contributed by atoms with Gasteiger partial charge in [-0.15, -0.1) is 0 Å². The number of allylic oxidation sites excluding steroid dienone is 2. The number of nitrogens with zero attached hydrogens (tertiary/aromatic N) is 1. The van der Waals surface area contributed by atoms with Gasteiger partial charge in [0.2, 0.25) is 0 Å². The van der Waals surface area contributed by atoms with Gasteiger partial charge in [-0.25, -0.2) is 0 Å². The van der Waals surface area contributed by atoms with Crippen molar-refractivity contribution in [2.75, 3.05) is 0 Å². The molecule has 0 unspecified atom stereocenters. The van der Waals surface area contributed by atoms with Gasteiger partial charge in [-0.05, 0) is 25.7 Å². The van der Waals surface area contributed by atoms with Crippen LogP contribution in [-0.4, -0.2) is 30.4 Å². The molecule has 0 spiro atoms. The van der Waals surface area contributed by atoms with E-state index in [0.717, 1.165) is 43.4 Å². The Kier molecular flexibility index (Phi) is 14.1. The van der Waals surface area contributed by atoms with Gasteiger partial charge >= 0.3 is 198 Å². The number of benzene rings is 3. The molecular formula is C45H58IrNO2Se-. The van der Waals surface area contributed by atoms with Crippen molar-refractivity contribution in [1.82, 2.24) is 4.98 Å². The zero-order valence-electron chi connectivity index (χ0n) is 32.4. The molecule has 0 fully saturated rings. The maximum absolute atomic E-state index is 12.2. The van der Waals surface area contributed by atoms with Crippen molar-refractivity contribution in [2.24, 2.45) is 16.7 Å². The van der Waals surface area contributed by atoms with E-state index in [9.17, 15) is 9.90 Å². The van der Waals surface area contributed by atoms with E-state index in [1.807, 2.05) is 47.7 Å². The summed E-state index contributed by atoms with van der Waals surface area (Å²) in [5, 5.41) is 15.4. The standard InChI is InChI=1S/C30H30NSe.C15H28O2.Ir/c1-18(2)15-20-11-12-24-25-13-14-31-27(29(25)32-28(24)19(20)3)22-16-21-9-7-8-10-23(21)26(17-22)30(4,5)6;1-7-14(5,8-2)12(16)11-13(17)15(6,9-3)10-4;/h7-14,17-18H,15H2,1-6H3;11,16H,7-10H2,1-6H3;/q-1;;/b;12-11-;. The molecule has 0 aliphatic rings. The zero-order chi connectivity index (χ0) is 36.3. The Balaban J connectivity index is 0.000000323. The van der Waals surface area contributed by atoms with Crippen LogP contribution >= 0.6 is 0 Å². The van der Waals surface area contributed by atoms with Crippen molar-refractivity contribution >= 4 is 50.4 Å². The average molecular weight is 916 g/mol. The van der Waals surface area contributed by atoms with Gasteiger partial charge in [0, 0.05) is 37.0 Å². The van der Waals surface area contributed by atoms with Crippen molar-refractivity contribution in [3.63, 3.8) is 0 Å². The summed E-state index contributed by atoms with van der Waals surface area (Å²) >= 11 is 0.257. The summed E-state index contributed by atoms with van der Waals surface area (Å²) < 4.78 is 2.95. The van der Waals surface area contributed by atoms with E-state index in [-0.39, 0.29) is 62.4 Å². The third-order valence-corrected chi connectivity index (χ3v) is 13.8. The van der Waals surface area contributed by atoms with Gasteiger partial charge in [-0.2, -0.15) is 0 Å². The molecule has 0 aliphatic carbocycles. The molecule has 3 aromatic carbocycles. The van der Waals surface area contributed by atoms with Crippen LogP contribution in [0.25, 0.3) is 41.3 Å². The Bertz CT molecular complexity index is 1970. The summed E-state index contributed by atoms with van der Waals surface area (Å²) in [4.78, 5) is 17.1. The Hall–Kier alpha value is -2.55. The van der Waals surface area contributed by atoms with Crippen LogP contribution in [0.5, 0.6) is 0 Å². The van der Waals surface area contributed by atoms with Gasteiger partial charge in [0.1, 0.15) is 5.76 Å². The zero-order valence-corrected chi connectivity index (χ0v) is 36.5. The van der Waals surface area contributed by atoms with E-state index >= 15 is 0 Å². The first kappa shape index (κ1) is 41.9. The quantitative estimate of drug-likeness (QED) is 0.0657. The van der Waals surface area contributed by atoms with Crippen LogP contribution in [0.2, 0.25) is 0 Å². The molecule has 5 heteroatoms. The number of hydrogen-bond acceptors (Lipinski definition) is 3. The first-order valence-electron chi connectivity index (χ1n) is 18.2. The molecule has 271 valence electrons. The molecule has 0 saturated carbocycles. The number of fused-ring (bicyclic) bond motifs is 4. The van der Waals surface area contributed by atoms with E-state index < -0.39 is 0 Å². The van der Waals surface area contributed by atoms with Gasteiger partial charge in [-0.1, -0.05) is 41.5 Å². The molecule has 5 aromatic rings. The van der Waals surface area contributed by atoms with Crippen LogP contribution in [0.1, 0.15) is 119 Å². The molecule has 0 aliphatic heterocycles.